The minimum Gasteiger partial charge on any atom is -0.460 e. The largest absolute Gasteiger partial charge is 0.460 e. The number of ether oxygens (including phenoxy) is 1. The molecule has 1 fully saturated rings. The van der Waals surface area contributed by atoms with Crippen LogP contribution in [0, 0.1) is 27.4 Å². The normalized spacial score (nSPS) is 32.6. The molecule has 106 valence electrons. The fraction of sp³-hybridized carbons (Fsp3) is 0.786. The summed E-state index contributed by atoms with van der Waals surface area (Å²) in [5.41, 5.74) is -1.06. The maximum atomic E-state index is 12.0. The van der Waals surface area contributed by atoms with Crippen LogP contribution in [0.25, 0.3) is 0 Å². The second-order valence-corrected chi connectivity index (χ2v) is 6.77. The molecule has 0 aromatic heterocycles. The van der Waals surface area contributed by atoms with Gasteiger partial charge in [-0.25, -0.2) is 0 Å². The average Bonchev–Trinajstić information content (AvgIpc) is 2.55. The molecule has 0 aromatic carbocycles. The van der Waals surface area contributed by atoms with E-state index < -0.39 is 11.0 Å². The van der Waals surface area contributed by atoms with Crippen molar-refractivity contribution >= 4 is 5.97 Å². The molecule has 1 saturated carbocycles. The zero-order chi connectivity index (χ0) is 14.3. The molecule has 5 nitrogen and oxygen atoms in total. The van der Waals surface area contributed by atoms with Crippen molar-refractivity contribution in [3.63, 3.8) is 0 Å². The summed E-state index contributed by atoms with van der Waals surface area (Å²) in [5.74, 6) is 0.334. The lowest BCUT2D eigenvalue weighted by molar-refractivity contribution is -0.506. The predicted molar refractivity (Wildman–Crippen MR) is 70.1 cm³/mol. The first kappa shape index (κ1) is 14.0. The van der Waals surface area contributed by atoms with Gasteiger partial charge in [0.2, 0.25) is 6.54 Å². The van der Waals surface area contributed by atoms with Crippen molar-refractivity contribution in [2.24, 2.45) is 17.3 Å². The molecule has 5 heteroatoms. The molecule has 0 spiro atoms. The fourth-order valence-corrected chi connectivity index (χ4v) is 3.45. The van der Waals surface area contributed by atoms with Crippen molar-refractivity contribution in [3.8, 4) is 0 Å². The standard InChI is InChI=1S/C14H21NO4/c1-13(2,3)19-12(16)8-14(9-15(17)18)7-10-5-4-6-11(10)14/h4,6,10-11H,5,7-9H2,1-3H3/t10-,11?,14-/m0/s1. The van der Waals surface area contributed by atoms with E-state index in [4.69, 9.17) is 4.74 Å². The summed E-state index contributed by atoms with van der Waals surface area (Å²) < 4.78 is 5.31. The number of nitro groups is 1. The Labute approximate surface area is 113 Å². The molecule has 2 aliphatic carbocycles. The summed E-state index contributed by atoms with van der Waals surface area (Å²) in [5, 5.41) is 10.9. The fourth-order valence-electron chi connectivity index (χ4n) is 3.45. The highest BCUT2D eigenvalue weighted by atomic mass is 16.6. The molecular weight excluding hydrogens is 246 g/mol. The van der Waals surface area contributed by atoms with Crippen LogP contribution in [0.2, 0.25) is 0 Å². The number of esters is 1. The number of hydrogen-bond donors (Lipinski definition) is 0. The van der Waals surface area contributed by atoms with Crippen molar-refractivity contribution in [3.05, 3.63) is 22.3 Å². The number of nitrogens with zero attached hydrogens (tertiary/aromatic N) is 1. The van der Waals surface area contributed by atoms with Crippen molar-refractivity contribution in [1.82, 2.24) is 0 Å². The van der Waals surface area contributed by atoms with Gasteiger partial charge in [0, 0.05) is 4.92 Å². The van der Waals surface area contributed by atoms with Crippen molar-refractivity contribution in [1.29, 1.82) is 0 Å². The van der Waals surface area contributed by atoms with Gasteiger partial charge in [-0.2, -0.15) is 0 Å². The van der Waals surface area contributed by atoms with E-state index in [0.717, 1.165) is 12.8 Å². The van der Waals surface area contributed by atoms with Crippen molar-refractivity contribution in [2.75, 3.05) is 6.54 Å². The lowest BCUT2D eigenvalue weighted by atomic mass is 9.53. The first-order chi connectivity index (χ1) is 8.72. The van der Waals surface area contributed by atoms with Gasteiger partial charge < -0.3 is 4.74 Å². The second-order valence-electron chi connectivity index (χ2n) is 6.77. The lowest BCUT2D eigenvalue weighted by Crippen LogP contribution is -2.51. The molecule has 2 rings (SSSR count). The molecule has 0 bridgehead atoms. The zero-order valence-corrected chi connectivity index (χ0v) is 11.7. The highest BCUT2D eigenvalue weighted by Crippen LogP contribution is 2.58. The highest BCUT2D eigenvalue weighted by Gasteiger charge is 2.57. The van der Waals surface area contributed by atoms with Crippen LogP contribution in [0.3, 0.4) is 0 Å². The molecule has 0 aliphatic heterocycles. The van der Waals surface area contributed by atoms with Gasteiger partial charge in [-0.15, -0.1) is 0 Å². The Kier molecular flexibility index (Phi) is 3.41. The SMILES string of the molecule is CC(C)(C)OC(=O)C[C@]1(C[N+](=O)[O-])C[C@@H]2CC=CC21. The van der Waals surface area contributed by atoms with E-state index in [1.54, 1.807) is 0 Å². The Balaban J connectivity index is 2.06. The molecule has 1 unspecified atom stereocenters. The molecule has 0 heterocycles. The van der Waals surface area contributed by atoms with Crippen LogP contribution >= 0.6 is 0 Å². The Morgan fingerprint density at radius 3 is 2.74 bits per heavy atom. The predicted octanol–water partition coefficient (Wildman–Crippen LogP) is 2.58. The molecule has 0 aromatic rings. The topological polar surface area (TPSA) is 69.4 Å². The van der Waals surface area contributed by atoms with Gasteiger partial charge in [0.25, 0.3) is 0 Å². The Hall–Kier alpha value is -1.39. The van der Waals surface area contributed by atoms with Gasteiger partial charge in [-0.1, -0.05) is 12.2 Å². The molecule has 0 radical (unpaired) electrons. The van der Waals surface area contributed by atoms with Crippen LogP contribution in [0.4, 0.5) is 0 Å². The third-order valence-electron chi connectivity index (χ3n) is 4.03. The van der Waals surface area contributed by atoms with E-state index in [1.807, 2.05) is 26.8 Å². The van der Waals surface area contributed by atoms with Gasteiger partial charge in [0.1, 0.15) is 5.60 Å². The van der Waals surface area contributed by atoms with E-state index in [9.17, 15) is 14.9 Å². The van der Waals surface area contributed by atoms with Crippen molar-refractivity contribution in [2.45, 2.75) is 45.6 Å². The third-order valence-corrected chi connectivity index (χ3v) is 4.03. The molecule has 2 aliphatic rings. The molecule has 19 heavy (non-hydrogen) atoms. The summed E-state index contributed by atoms with van der Waals surface area (Å²) in [6.07, 6.45) is 6.01. The van der Waals surface area contributed by atoms with Gasteiger partial charge >= 0.3 is 5.97 Å². The first-order valence-electron chi connectivity index (χ1n) is 6.72. The quantitative estimate of drug-likeness (QED) is 0.340. The van der Waals surface area contributed by atoms with Crippen LogP contribution in [-0.2, 0) is 9.53 Å². The minimum atomic E-state index is -0.540. The summed E-state index contributed by atoms with van der Waals surface area (Å²) in [7, 11) is 0. The van der Waals surface area contributed by atoms with Crippen molar-refractivity contribution < 1.29 is 14.5 Å². The molecule has 0 saturated heterocycles. The Bertz CT molecular complexity index is 424. The second kappa shape index (κ2) is 4.62. The number of fused-ring (bicyclic) bond motifs is 1. The molecule has 0 amide bonds. The van der Waals surface area contributed by atoms with Gasteiger partial charge in [-0.3, -0.25) is 14.9 Å². The molecule has 3 atom stereocenters. The van der Waals surface area contributed by atoms with Crippen LogP contribution in [0.5, 0.6) is 0 Å². The van der Waals surface area contributed by atoms with Crippen LogP contribution in [-0.4, -0.2) is 23.0 Å². The lowest BCUT2D eigenvalue weighted by Gasteiger charge is -2.49. The number of hydrogen-bond acceptors (Lipinski definition) is 4. The Morgan fingerprint density at radius 1 is 1.53 bits per heavy atom. The van der Waals surface area contributed by atoms with E-state index in [-0.39, 0.29) is 29.8 Å². The number of allylic oxidation sites excluding steroid dienone is 2. The number of carbonyl (C=O) groups is 1. The summed E-state index contributed by atoms with van der Waals surface area (Å²) in [6, 6.07) is 0. The van der Waals surface area contributed by atoms with Crippen LogP contribution in [0.15, 0.2) is 12.2 Å². The van der Waals surface area contributed by atoms with E-state index in [2.05, 4.69) is 6.08 Å². The maximum Gasteiger partial charge on any atom is 0.307 e. The van der Waals surface area contributed by atoms with E-state index >= 15 is 0 Å². The van der Waals surface area contributed by atoms with Gasteiger partial charge in [-0.05, 0) is 45.4 Å². The Morgan fingerprint density at radius 2 is 2.21 bits per heavy atom. The number of rotatable bonds is 4. The van der Waals surface area contributed by atoms with Crippen LogP contribution < -0.4 is 0 Å². The first-order valence-corrected chi connectivity index (χ1v) is 6.72. The summed E-state index contributed by atoms with van der Waals surface area (Å²) in [6.45, 7) is 5.29. The smallest absolute Gasteiger partial charge is 0.307 e. The van der Waals surface area contributed by atoms with E-state index in [1.165, 1.54) is 0 Å². The summed E-state index contributed by atoms with van der Waals surface area (Å²) >= 11 is 0. The highest BCUT2D eigenvalue weighted by molar-refractivity contribution is 5.71. The van der Waals surface area contributed by atoms with Crippen LogP contribution in [0.1, 0.15) is 40.0 Å². The monoisotopic (exact) mass is 267 g/mol. The van der Waals surface area contributed by atoms with Gasteiger partial charge in [0.15, 0.2) is 0 Å². The van der Waals surface area contributed by atoms with Gasteiger partial charge in [0.05, 0.1) is 11.8 Å². The summed E-state index contributed by atoms with van der Waals surface area (Å²) in [4.78, 5) is 22.6. The average molecular weight is 267 g/mol. The third kappa shape index (κ3) is 2.96. The minimum absolute atomic E-state index is 0.141. The molecular formula is C14H21NO4. The van der Waals surface area contributed by atoms with E-state index in [0.29, 0.717) is 5.92 Å². The molecule has 0 N–H and O–H groups in total. The maximum absolute atomic E-state index is 12.0. The number of carbonyl (C=O) groups excluding carboxylic acids is 1. The zero-order valence-electron chi connectivity index (χ0n) is 11.7.